The Balaban J connectivity index is 1.53. The Labute approximate surface area is 166 Å². The monoisotopic (exact) mass is 415 g/mol. The predicted octanol–water partition coefficient (Wildman–Crippen LogP) is 3.15. The van der Waals surface area contributed by atoms with Crippen molar-refractivity contribution in [2.75, 3.05) is 17.7 Å². The van der Waals surface area contributed by atoms with Crippen molar-refractivity contribution in [3.63, 3.8) is 0 Å². The van der Waals surface area contributed by atoms with Crippen LogP contribution in [-0.2, 0) is 21.0 Å². The van der Waals surface area contributed by atoms with Crippen LogP contribution in [0.15, 0.2) is 59.8 Å². The van der Waals surface area contributed by atoms with Gasteiger partial charge in [0.15, 0.2) is 0 Å². The molecule has 8 nitrogen and oxygen atoms in total. The molecule has 1 aliphatic heterocycles. The number of halogens is 1. The molecule has 150 valence electrons. The summed E-state index contributed by atoms with van der Waals surface area (Å²) in [5, 5.41) is 7.56. The predicted molar refractivity (Wildman–Crippen MR) is 105 cm³/mol. The summed E-state index contributed by atoms with van der Waals surface area (Å²) in [5.41, 5.74) is 1.34. The quantitative estimate of drug-likeness (QED) is 0.690. The molecule has 3 aromatic rings. The number of ether oxygens (including phenoxy) is 1. The Morgan fingerprint density at radius 3 is 2.66 bits per heavy atom. The number of carbonyl (C=O) groups excluding carboxylic acids is 1. The summed E-state index contributed by atoms with van der Waals surface area (Å²) in [4.78, 5) is 14.0. The van der Waals surface area contributed by atoms with Gasteiger partial charge in [0.2, 0.25) is 0 Å². The highest BCUT2D eigenvalue weighted by atomic mass is 32.2. The van der Waals surface area contributed by atoms with E-state index in [0.717, 1.165) is 0 Å². The maximum atomic E-state index is 14.8. The summed E-state index contributed by atoms with van der Waals surface area (Å²) in [6, 6.07) is 10.9. The van der Waals surface area contributed by atoms with Crippen LogP contribution in [0, 0.1) is 10.6 Å². The summed E-state index contributed by atoms with van der Waals surface area (Å²) in [5.74, 6) is -0.495. The van der Waals surface area contributed by atoms with Crippen LogP contribution >= 0.6 is 0 Å². The van der Waals surface area contributed by atoms with E-state index in [-0.39, 0.29) is 6.54 Å². The van der Waals surface area contributed by atoms with Gasteiger partial charge in [-0.3, -0.25) is 4.90 Å². The van der Waals surface area contributed by atoms with Crippen molar-refractivity contribution in [1.82, 2.24) is 15.0 Å². The number of cyclic esters (lactones) is 1. The molecule has 0 spiro atoms. The topological polar surface area (TPSA) is 101 Å². The van der Waals surface area contributed by atoms with Gasteiger partial charge in [0, 0.05) is 22.9 Å². The van der Waals surface area contributed by atoms with Gasteiger partial charge in [-0.15, -0.1) is 5.10 Å². The Morgan fingerprint density at radius 1 is 1.28 bits per heavy atom. The average molecular weight is 415 g/mol. The maximum Gasteiger partial charge on any atom is 0.414 e. The van der Waals surface area contributed by atoms with Crippen molar-refractivity contribution in [2.24, 2.45) is 0 Å². The van der Waals surface area contributed by atoms with Crippen molar-refractivity contribution in [3.8, 4) is 11.1 Å². The molecule has 0 saturated carbocycles. The van der Waals surface area contributed by atoms with Crippen LogP contribution in [0.2, 0.25) is 0 Å². The van der Waals surface area contributed by atoms with E-state index in [2.05, 4.69) is 10.3 Å². The Bertz CT molecular complexity index is 1150. The van der Waals surface area contributed by atoms with Gasteiger partial charge in [-0.2, -0.15) is 0 Å². The van der Waals surface area contributed by atoms with E-state index >= 15 is 0 Å². The summed E-state index contributed by atoms with van der Waals surface area (Å²) in [6.45, 7) is 0.645. The van der Waals surface area contributed by atoms with E-state index in [4.69, 9.17) is 9.52 Å². The first-order valence-electron chi connectivity index (χ1n) is 8.77. The Kier molecular flexibility index (Phi) is 4.79. The fourth-order valence-electron chi connectivity index (χ4n) is 3.17. The third-order valence-corrected chi connectivity index (χ3v) is 5.79. The fraction of sp³-hybridized carbons (Fsp3) is 0.211. The number of nitrogens with one attached hydrogen (secondary N) is 1. The van der Waals surface area contributed by atoms with Crippen molar-refractivity contribution >= 4 is 21.5 Å². The molecular weight excluding hydrogens is 397 g/mol. The molecule has 1 aromatic heterocycles. The first-order valence-corrected chi connectivity index (χ1v) is 10.7. The SMILES string of the molecule is CS(=N)(=O)c1ccc(-c2ccc(N3CC(Cn4ccnn4)OC3=O)cc2F)cc1. The van der Waals surface area contributed by atoms with Crippen LogP contribution in [0.4, 0.5) is 14.9 Å². The van der Waals surface area contributed by atoms with Gasteiger partial charge in [0.05, 0.1) is 34.7 Å². The van der Waals surface area contributed by atoms with Gasteiger partial charge in [0.25, 0.3) is 0 Å². The van der Waals surface area contributed by atoms with Gasteiger partial charge >= 0.3 is 6.09 Å². The van der Waals surface area contributed by atoms with E-state index in [1.54, 1.807) is 47.3 Å². The van der Waals surface area contributed by atoms with Crippen molar-refractivity contribution in [2.45, 2.75) is 17.5 Å². The van der Waals surface area contributed by atoms with E-state index in [1.807, 2.05) is 0 Å². The van der Waals surface area contributed by atoms with Crippen molar-refractivity contribution in [3.05, 3.63) is 60.7 Å². The number of aromatic nitrogens is 3. The summed E-state index contributed by atoms with van der Waals surface area (Å²) in [6.07, 6.45) is 3.60. The van der Waals surface area contributed by atoms with E-state index < -0.39 is 27.7 Å². The third kappa shape index (κ3) is 3.97. The van der Waals surface area contributed by atoms with E-state index in [0.29, 0.717) is 28.3 Å². The molecule has 2 unspecified atom stereocenters. The summed E-state index contributed by atoms with van der Waals surface area (Å²) < 4.78 is 41.1. The lowest BCUT2D eigenvalue weighted by atomic mass is 10.0. The molecular formula is C19H18FN5O3S. The van der Waals surface area contributed by atoms with Crippen LogP contribution in [-0.4, -0.2) is 44.2 Å². The van der Waals surface area contributed by atoms with Crippen molar-refractivity contribution < 1.29 is 18.1 Å². The molecule has 2 heterocycles. The minimum absolute atomic E-state index is 0.278. The summed E-state index contributed by atoms with van der Waals surface area (Å²) >= 11 is 0. The molecule has 2 atom stereocenters. The lowest BCUT2D eigenvalue weighted by Crippen LogP contribution is -2.26. The molecule has 1 saturated heterocycles. The van der Waals surface area contributed by atoms with E-state index in [1.165, 1.54) is 23.4 Å². The lowest BCUT2D eigenvalue weighted by Gasteiger charge is -2.14. The zero-order valence-corrected chi connectivity index (χ0v) is 16.3. The second-order valence-corrected chi connectivity index (χ2v) is 8.93. The number of carbonyl (C=O) groups is 1. The number of anilines is 1. The van der Waals surface area contributed by atoms with Crippen LogP contribution in [0.1, 0.15) is 0 Å². The van der Waals surface area contributed by atoms with Gasteiger partial charge in [-0.1, -0.05) is 17.3 Å². The van der Waals surface area contributed by atoms with Crippen molar-refractivity contribution in [1.29, 1.82) is 4.78 Å². The molecule has 0 bridgehead atoms. The first-order chi connectivity index (χ1) is 13.8. The number of benzene rings is 2. The first kappa shape index (κ1) is 19.1. The highest BCUT2D eigenvalue weighted by molar-refractivity contribution is 7.91. The molecule has 0 aliphatic carbocycles. The Morgan fingerprint density at radius 2 is 2.03 bits per heavy atom. The maximum absolute atomic E-state index is 14.8. The average Bonchev–Trinajstić information content (AvgIpc) is 3.31. The zero-order chi connectivity index (χ0) is 20.6. The van der Waals surface area contributed by atoms with E-state index in [9.17, 15) is 13.4 Å². The minimum atomic E-state index is -2.82. The highest BCUT2D eigenvalue weighted by Crippen LogP contribution is 2.30. The molecule has 29 heavy (non-hydrogen) atoms. The van der Waals surface area contributed by atoms with Gasteiger partial charge in [-0.25, -0.2) is 22.9 Å². The minimum Gasteiger partial charge on any atom is -0.442 e. The second kappa shape index (κ2) is 7.28. The lowest BCUT2D eigenvalue weighted by molar-refractivity contribution is 0.129. The molecule has 10 heteroatoms. The number of hydrogen-bond donors (Lipinski definition) is 1. The van der Waals surface area contributed by atoms with Crippen LogP contribution < -0.4 is 4.90 Å². The number of nitrogens with zero attached hydrogens (tertiary/aromatic N) is 4. The fourth-order valence-corrected chi connectivity index (χ4v) is 3.82. The second-order valence-electron chi connectivity index (χ2n) is 6.77. The normalized spacial score (nSPS) is 18.5. The largest absolute Gasteiger partial charge is 0.442 e. The van der Waals surface area contributed by atoms with Gasteiger partial charge < -0.3 is 4.74 Å². The number of amides is 1. The van der Waals surface area contributed by atoms with Gasteiger partial charge in [0.1, 0.15) is 11.9 Å². The molecule has 2 aromatic carbocycles. The number of rotatable bonds is 5. The van der Waals surface area contributed by atoms with Gasteiger partial charge in [-0.05, 0) is 35.9 Å². The van der Waals surface area contributed by atoms with Crippen LogP contribution in [0.5, 0.6) is 0 Å². The molecule has 1 amide bonds. The standard InChI is InChI=1S/C19H18FN5O3S/c1-29(21,27)16-5-2-13(3-6-16)17-7-4-14(10-18(17)20)25-12-15(28-19(25)26)11-24-9-8-22-23-24/h2-10,15,21H,11-12H2,1H3. The van der Waals surface area contributed by atoms with Crippen LogP contribution in [0.25, 0.3) is 11.1 Å². The number of hydrogen-bond acceptors (Lipinski definition) is 6. The third-order valence-electron chi connectivity index (χ3n) is 4.62. The highest BCUT2D eigenvalue weighted by Gasteiger charge is 2.33. The summed E-state index contributed by atoms with van der Waals surface area (Å²) in [7, 11) is -2.82. The zero-order valence-electron chi connectivity index (χ0n) is 15.5. The molecule has 1 fully saturated rings. The van der Waals surface area contributed by atoms with Crippen LogP contribution in [0.3, 0.4) is 0 Å². The molecule has 0 radical (unpaired) electrons. The molecule has 4 rings (SSSR count). The molecule has 1 N–H and O–H groups in total. The Hall–Kier alpha value is -3.27. The molecule has 1 aliphatic rings. The smallest absolute Gasteiger partial charge is 0.414 e.